The van der Waals surface area contributed by atoms with E-state index in [1.54, 1.807) is 0 Å². The number of carbonyl (C=O) groups excluding carboxylic acids is 2. The number of nitrogens with zero attached hydrogens (tertiary/aromatic N) is 3. The number of likely N-dealkylation sites (tertiary alicyclic amines) is 1. The standard InChI is InChI=1S/C23H29N3O3/c1-15-7-5-9-19-17(15)10-11-20-18(24-14-26(19)20)13-16-8-6-12-25(21(16)27)22(28)29-23(2,3)4/h5,7,9,14,16H,6,8,10-13H2,1-4H3. The monoisotopic (exact) mass is 395 g/mol. The van der Waals surface area contributed by atoms with Gasteiger partial charge in [-0.05, 0) is 70.6 Å². The number of hydrogen-bond acceptors (Lipinski definition) is 4. The third-order valence-electron chi connectivity index (χ3n) is 5.81. The van der Waals surface area contributed by atoms with Crippen LogP contribution in [0, 0.1) is 12.8 Å². The minimum Gasteiger partial charge on any atom is -0.443 e. The fourth-order valence-corrected chi connectivity index (χ4v) is 4.41. The first-order valence-corrected chi connectivity index (χ1v) is 10.4. The molecular formula is C23H29N3O3. The van der Waals surface area contributed by atoms with Crippen molar-refractivity contribution in [2.45, 2.75) is 65.4 Å². The van der Waals surface area contributed by atoms with Crippen molar-refractivity contribution < 1.29 is 14.3 Å². The summed E-state index contributed by atoms with van der Waals surface area (Å²) >= 11 is 0. The van der Waals surface area contributed by atoms with Gasteiger partial charge in [-0.15, -0.1) is 0 Å². The van der Waals surface area contributed by atoms with E-state index < -0.39 is 11.7 Å². The number of aromatic nitrogens is 2. The summed E-state index contributed by atoms with van der Waals surface area (Å²) in [5.41, 5.74) is 5.41. The van der Waals surface area contributed by atoms with Gasteiger partial charge >= 0.3 is 6.09 Å². The maximum absolute atomic E-state index is 13.0. The molecule has 0 radical (unpaired) electrons. The van der Waals surface area contributed by atoms with E-state index in [1.165, 1.54) is 27.4 Å². The van der Waals surface area contributed by atoms with E-state index in [4.69, 9.17) is 4.74 Å². The maximum atomic E-state index is 13.0. The minimum atomic E-state index is -0.612. The van der Waals surface area contributed by atoms with E-state index in [9.17, 15) is 9.59 Å². The maximum Gasteiger partial charge on any atom is 0.417 e. The molecule has 4 rings (SSSR count). The van der Waals surface area contributed by atoms with E-state index >= 15 is 0 Å². The van der Waals surface area contributed by atoms with Crippen LogP contribution in [-0.2, 0) is 28.8 Å². The van der Waals surface area contributed by atoms with Crippen molar-refractivity contribution in [1.82, 2.24) is 14.5 Å². The van der Waals surface area contributed by atoms with Crippen LogP contribution in [0.2, 0.25) is 0 Å². The van der Waals surface area contributed by atoms with Crippen LogP contribution in [0.4, 0.5) is 4.79 Å². The van der Waals surface area contributed by atoms with Gasteiger partial charge in [0.1, 0.15) is 5.60 Å². The smallest absolute Gasteiger partial charge is 0.417 e. The highest BCUT2D eigenvalue weighted by Gasteiger charge is 2.36. The summed E-state index contributed by atoms with van der Waals surface area (Å²) in [6.45, 7) is 8.01. The molecular weight excluding hydrogens is 366 g/mol. The number of benzene rings is 1. The number of imidazole rings is 1. The molecule has 29 heavy (non-hydrogen) atoms. The van der Waals surface area contributed by atoms with Crippen molar-refractivity contribution in [3.63, 3.8) is 0 Å². The van der Waals surface area contributed by atoms with Gasteiger partial charge in [0.15, 0.2) is 0 Å². The number of hydrogen-bond donors (Lipinski definition) is 0. The highest BCUT2D eigenvalue weighted by Crippen LogP contribution is 2.31. The molecule has 1 saturated heterocycles. The second kappa shape index (κ2) is 7.32. The fourth-order valence-electron chi connectivity index (χ4n) is 4.41. The van der Waals surface area contributed by atoms with Crippen molar-refractivity contribution in [3.8, 4) is 5.69 Å². The summed E-state index contributed by atoms with van der Waals surface area (Å²) in [4.78, 5) is 31.4. The minimum absolute atomic E-state index is 0.140. The first-order chi connectivity index (χ1) is 13.7. The first-order valence-electron chi connectivity index (χ1n) is 10.4. The molecule has 2 aliphatic heterocycles. The van der Waals surface area contributed by atoms with Crippen LogP contribution < -0.4 is 0 Å². The molecule has 2 aromatic rings. The molecule has 6 heteroatoms. The van der Waals surface area contributed by atoms with E-state index in [2.05, 4.69) is 34.7 Å². The third kappa shape index (κ3) is 3.80. The van der Waals surface area contributed by atoms with Crippen LogP contribution in [0.15, 0.2) is 24.5 Å². The molecule has 6 nitrogen and oxygen atoms in total. The predicted molar refractivity (Wildman–Crippen MR) is 110 cm³/mol. The topological polar surface area (TPSA) is 64.4 Å². The Kier molecular flexibility index (Phi) is 4.97. The second-order valence-electron chi connectivity index (χ2n) is 9.09. The van der Waals surface area contributed by atoms with Gasteiger partial charge < -0.3 is 9.30 Å². The van der Waals surface area contributed by atoms with Crippen molar-refractivity contribution >= 4 is 12.0 Å². The van der Waals surface area contributed by atoms with E-state index in [0.717, 1.165) is 31.4 Å². The lowest BCUT2D eigenvalue weighted by molar-refractivity contribution is -0.137. The van der Waals surface area contributed by atoms with Gasteiger partial charge in [0.25, 0.3) is 0 Å². The van der Waals surface area contributed by atoms with Gasteiger partial charge in [0.2, 0.25) is 5.91 Å². The number of rotatable bonds is 2. The molecule has 1 aromatic heterocycles. The number of ether oxygens (including phenoxy) is 1. The first kappa shape index (κ1) is 19.7. The van der Waals surface area contributed by atoms with Crippen molar-refractivity contribution in [3.05, 3.63) is 47.0 Å². The van der Waals surface area contributed by atoms with Crippen LogP contribution in [0.1, 0.15) is 56.1 Å². The Bertz CT molecular complexity index is 955. The summed E-state index contributed by atoms with van der Waals surface area (Å²) in [7, 11) is 0. The van der Waals surface area contributed by atoms with Gasteiger partial charge in [0, 0.05) is 24.6 Å². The molecule has 1 atom stereocenters. The Hall–Kier alpha value is -2.63. The van der Waals surface area contributed by atoms with Crippen molar-refractivity contribution in [2.75, 3.05) is 6.54 Å². The summed E-state index contributed by atoms with van der Waals surface area (Å²) in [6.07, 6.45) is 5.40. The zero-order chi connectivity index (χ0) is 20.8. The molecule has 2 aliphatic rings. The SMILES string of the molecule is Cc1cccc2c1CCc1c(CC3CCCN(C(=O)OC(C)(C)C)C3=O)ncn1-2. The molecule has 0 spiro atoms. The Labute approximate surface area is 171 Å². The van der Waals surface area contributed by atoms with Crippen LogP contribution in [0.3, 0.4) is 0 Å². The zero-order valence-corrected chi connectivity index (χ0v) is 17.7. The van der Waals surface area contributed by atoms with Crippen LogP contribution >= 0.6 is 0 Å². The molecule has 1 unspecified atom stereocenters. The second-order valence-corrected chi connectivity index (χ2v) is 9.09. The fraction of sp³-hybridized carbons (Fsp3) is 0.522. The highest BCUT2D eigenvalue weighted by molar-refractivity contribution is 5.94. The van der Waals surface area contributed by atoms with Gasteiger partial charge in [-0.25, -0.2) is 14.7 Å². The zero-order valence-electron chi connectivity index (χ0n) is 17.7. The largest absolute Gasteiger partial charge is 0.443 e. The summed E-state index contributed by atoms with van der Waals surface area (Å²) in [5, 5.41) is 0. The van der Waals surface area contributed by atoms with Gasteiger partial charge in [-0.2, -0.15) is 0 Å². The Morgan fingerprint density at radius 1 is 1.28 bits per heavy atom. The van der Waals surface area contributed by atoms with Gasteiger partial charge in [0.05, 0.1) is 17.7 Å². The predicted octanol–water partition coefficient (Wildman–Crippen LogP) is 4.00. The molecule has 0 saturated carbocycles. The molecule has 0 aliphatic carbocycles. The lowest BCUT2D eigenvalue weighted by Crippen LogP contribution is -2.47. The number of fused-ring (bicyclic) bond motifs is 3. The summed E-state index contributed by atoms with van der Waals surface area (Å²) in [5.74, 6) is -0.367. The molecule has 0 N–H and O–H groups in total. The quantitative estimate of drug-likeness (QED) is 0.771. The average Bonchev–Trinajstić information content (AvgIpc) is 3.05. The Morgan fingerprint density at radius 3 is 2.83 bits per heavy atom. The molecule has 0 bridgehead atoms. The number of carbonyl (C=O) groups is 2. The third-order valence-corrected chi connectivity index (χ3v) is 5.81. The number of aryl methyl sites for hydroxylation is 1. The van der Waals surface area contributed by atoms with Gasteiger partial charge in [-0.1, -0.05) is 12.1 Å². The molecule has 3 heterocycles. The summed E-state index contributed by atoms with van der Waals surface area (Å²) in [6, 6.07) is 6.35. The van der Waals surface area contributed by atoms with Crippen LogP contribution in [-0.4, -0.2) is 38.6 Å². The van der Waals surface area contributed by atoms with E-state index in [-0.39, 0.29) is 11.8 Å². The normalized spacial score (nSPS) is 19.0. The molecule has 1 fully saturated rings. The summed E-state index contributed by atoms with van der Waals surface area (Å²) < 4.78 is 7.59. The van der Waals surface area contributed by atoms with Crippen LogP contribution in [0.25, 0.3) is 5.69 Å². The Morgan fingerprint density at radius 2 is 2.07 bits per heavy atom. The van der Waals surface area contributed by atoms with E-state index in [1.807, 2.05) is 27.1 Å². The van der Waals surface area contributed by atoms with Crippen molar-refractivity contribution in [1.29, 1.82) is 0 Å². The molecule has 154 valence electrons. The van der Waals surface area contributed by atoms with E-state index in [0.29, 0.717) is 13.0 Å². The highest BCUT2D eigenvalue weighted by atomic mass is 16.6. The van der Waals surface area contributed by atoms with Crippen LogP contribution in [0.5, 0.6) is 0 Å². The molecule has 2 amide bonds. The molecule has 1 aromatic carbocycles. The number of amides is 2. The van der Waals surface area contributed by atoms with Crippen molar-refractivity contribution in [2.24, 2.45) is 5.92 Å². The number of piperidine rings is 1. The average molecular weight is 396 g/mol. The lowest BCUT2D eigenvalue weighted by atomic mass is 9.90. The lowest BCUT2D eigenvalue weighted by Gasteiger charge is -2.32. The Balaban J connectivity index is 1.53. The number of imide groups is 1. The van der Waals surface area contributed by atoms with Gasteiger partial charge in [-0.3, -0.25) is 4.79 Å².